The Morgan fingerprint density at radius 3 is 2.44 bits per heavy atom. The van der Waals surface area contributed by atoms with Crippen molar-refractivity contribution >= 4 is 55.7 Å². The van der Waals surface area contributed by atoms with Crippen molar-refractivity contribution in [1.82, 2.24) is 4.98 Å². The van der Waals surface area contributed by atoms with Crippen molar-refractivity contribution in [3.63, 3.8) is 0 Å². The van der Waals surface area contributed by atoms with E-state index in [1.54, 1.807) is 36.4 Å². The molecule has 7 heteroatoms. The summed E-state index contributed by atoms with van der Waals surface area (Å²) < 4.78 is 0.935. The number of benzene rings is 3. The largest absolute Gasteiger partial charge is 0.507 e. The Morgan fingerprint density at radius 2 is 1.76 bits per heavy atom. The Morgan fingerprint density at radius 1 is 1.06 bits per heavy atom. The number of halogens is 1. The molecule has 34 heavy (non-hydrogen) atoms. The highest BCUT2D eigenvalue weighted by Gasteiger charge is 2.48. The first-order valence-electron chi connectivity index (χ1n) is 10.9. The molecule has 5 rings (SSSR count). The summed E-state index contributed by atoms with van der Waals surface area (Å²) in [4.78, 5) is 32.7. The maximum atomic E-state index is 13.3. The molecule has 1 aliphatic heterocycles. The average Bonchev–Trinajstić information content (AvgIpc) is 3.37. The quantitative estimate of drug-likeness (QED) is 0.204. The van der Waals surface area contributed by atoms with E-state index in [9.17, 15) is 14.7 Å². The zero-order valence-corrected chi connectivity index (χ0v) is 20.2. The Kier molecular flexibility index (Phi) is 5.71. The van der Waals surface area contributed by atoms with Gasteiger partial charge in [-0.1, -0.05) is 77.9 Å². The molecule has 2 heterocycles. The van der Waals surface area contributed by atoms with Gasteiger partial charge in [-0.2, -0.15) is 0 Å². The molecule has 0 radical (unpaired) electrons. The van der Waals surface area contributed by atoms with Gasteiger partial charge in [0.05, 0.1) is 21.8 Å². The molecule has 0 unspecified atom stereocenters. The summed E-state index contributed by atoms with van der Waals surface area (Å²) >= 11 is 7.46. The van der Waals surface area contributed by atoms with Crippen LogP contribution in [0.15, 0.2) is 72.3 Å². The van der Waals surface area contributed by atoms with Crippen LogP contribution in [0.1, 0.15) is 35.2 Å². The van der Waals surface area contributed by atoms with Crippen molar-refractivity contribution < 1.29 is 14.7 Å². The second-order valence-corrected chi connectivity index (χ2v) is 9.68. The highest BCUT2D eigenvalue weighted by atomic mass is 35.5. The minimum absolute atomic E-state index is 0.0321. The SMILES string of the molecule is CCc1ccc2nc(N3C(=O)C(=O)/C(=C(/O)c4ccc(C)cc4)[C@H]3c3ccc(Cl)cc3)sc2c1. The molecule has 1 fully saturated rings. The fraction of sp³-hybridized carbons (Fsp3) is 0.148. The number of hydrogen-bond donors (Lipinski definition) is 1. The van der Waals surface area contributed by atoms with Gasteiger partial charge in [0.2, 0.25) is 0 Å². The number of fused-ring (bicyclic) bond motifs is 1. The molecular weight excluding hydrogens is 468 g/mol. The Labute approximate surface area is 205 Å². The number of aliphatic hydroxyl groups is 1. The van der Waals surface area contributed by atoms with E-state index in [-0.39, 0.29) is 11.3 Å². The van der Waals surface area contributed by atoms with Crippen molar-refractivity contribution in [2.45, 2.75) is 26.3 Å². The van der Waals surface area contributed by atoms with Crippen molar-refractivity contribution in [2.24, 2.45) is 0 Å². The summed E-state index contributed by atoms with van der Waals surface area (Å²) in [6, 6.07) is 19.3. The minimum Gasteiger partial charge on any atom is -0.507 e. The van der Waals surface area contributed by atoms with Crippen LogP contribution < -0.4 is 4.90 Å². The molecule has 1 atom stereocenters. The summed E-state index contributed by atoms with van der Waals surface area (Å²) in [7, 11) is 0. The van der Waals surface area contributed by atoms with Crippen LogP contribution in [0.4, 0.5) is 5.13 Å². The van der Waals surface area contributed by atoms with Gasteiger partial charge in [0, 0.05) is 10.6 Å². The van der Waals surface area contributed by atoms with E-state index in [1.165, 1.54) is 21.8 Å². The first kappa shape index (κ1) is 22.3. The van der Waals surface area contributed by atoms with Crippen LogP contribution in [0.25, 0.3) is 16.0 Å². The van der Waals surface area contributed by atoms with Gasteiger partial charge in [0.15, 0.2) is 5.13 Å². The smallest absolute Gasteiger partial charge is 0.301 e. The minimum atomic E-state index is -0.829. The number of aromatic nitrogens is 1. The zero-order valence-electron chi connectivity index (χ0n) is 18.6. The number of aliphatic hydroxyl groups excluding tert-OH is 1. The van der Waals surface area contributed by atoms with Crippen LogP contribution in [-0.4, -0.2) is 21.8 Å². The average molecular weight is 489 g/mol. The third kappa shape index (κ3) is 3.79. The number of anilines is 1. The molecule has 0 spiro atoms. The highest BCUT2D eigenvalue weighted by molar-refractivity contribution is 7.22. The second-order valence-electron chi connectivity index (χ2n) is 8.24. The number of aryl methyl sites for hydroxylation is 2. The van der Waals surface area contributed by atoms with Crippen LogP contribution in [0.3, 0.4) is 0 Å². The summed E-state index contributed by atoms with van der Waals surface area (Å²) in [5, 5.41) is 12.1. The van der Waals surface area contributed by atoms with Crippen LogP contribution in [0.2, 0.25) is 5.02 Å². The molecule has 1 saturated heterocycles. The molecule has 1 aromatic heterocycles. The van der Waals surface area contributed by atoms with Crippen molar-refractivity contribution in [3.05, 3.63) is 99.6 Å². The number of thiazole rings is 1. The fourth-order valence-electron chi connectivity index (χ4n) is 4.14. The second kappa shape index (κ2) is 8.70. The summed E-state index contributed by atoms with van der Waals surface area (Å²) in [5.74, 6) is -1.68. The molecule has 4 aromatic rings. The number of carbonyl (C=O) groups is 2. The van der Waals surface area contributed by atoms with E-state index in [1.807, 2.05) is 31.2 Å². The lowest BCUT2D eigenvalue weighted by molar-refractivity contribution is -0.132. The van der Waals surface area contributed by atoms with Crippen LogP contribution in [0.5, 0.6) is 0 Å². The topological polar surface area (TPSA) is 70.5 Å². The summed E-state index contributed by atoms with van der Waals surface area (Å²) in [6.07, 6.45) is 0.884. The van der Waals surface area contributed by atoms with Gasteiger partial charge in [-0.15, -0.1) is 0 Å². The molecule has 1 N–H and O–H groups in total. The van der Waals surface area contributed by atoms with Crippen molar-refractivity contribution in [1.29, 1.82) is 0 Å². The van der Waals surface area contributed by atoms with E-state index >= 15 is 0 Å². The van der Waals surface area contributed by atoms with Gasteiger partial charge < -0.3 is 5.11 Å². The predicted octanol–water partition coefficient (Wildman–Crippen LogP) is 6.45. The number of nitrogens with zero attached hydrogens (tertiary/aromatic N) is 2. The highest BCUT2D eigenvalue weighted by Crippen LogP contribution is 2.44. The first-order valence-corrected chi connectivity index (χ1v) is 12.1. The molecule has 5 nitrogen and oxygen atoms in total. The molecule has 1 aliphatic rings. The number of rotatable bonds is 4. The number of carbonyl (C=O) groups excluding carboxylic acids is 2. The van der Waals surface area contributed by atoms with Gasteiger partial charge >= 0.3 is 5.91 Å². The normalized spacial score (nSPS) is 17.6. The van der Waals surface area contributed by atoms with Crippen molar-refractivity contribution in [3.8, 4) is 0 Å². The van der Waals surface area contributed by atoms with E-state index in [2.05, 4.69) is 18.0 Å². The Balaban J connectivity index is 1.71. The lowest BCUT2D eigenvalue weighted by Crippen LogP contribution is -2.29. The molecule has 3 aromatic carbocycles. The van der Waals surface area contributed by atoms with E-state index in [0.29, 0.717) is 21.3 Å². The number of ketones is 1. The first-order chi connectivity index (χ1) is 16.4. The van der Waals surface area contributed by atoms with Gasteiger partial charge in [-0.25, -0.2) is 4.98 Å². The standard InChI is InChI=1S/C27H21ClN2O3S/c1-3-16-6-13-20-21(14-16)34-27(29-20)30-23(17-9-11-19(28)12-10-17)22(25(32)26(30)33)24(31)18-7-4-15(2)5-8-18/h4-14,23,31H,3H2,1-2H3/b24-22+/t23-/m1/s1. The molecular formula is C27H21ClN2O3S. The third-order valence-electron chi connectivity index (χ3n) is 6.01. The third-order valence-corrected chi connectivity index (χ3v) is 7.28. The number of hydrogen-bond acceptors (Lipinski definition) is 5. The van der Waals surface area contributed by atoms with E-state index in [0.717, 1.165) is 22.2 Å². The fourth-order valence-corrected chi connectivity index (χ4v) is 5.32. The predicted molar refractivity (Wildman–Crippen MR) is 136 cm³/mol. The monoisotopic (exact) mass is 488 g/mol. The summed E-state index contributed by atoms with van der Waals surface area (Å²) in [5.41, 5.74) is 4.10. The van der Waals surface area contributed by atoms with Gasteiger partial charge in [-0.05, 0) is 48.7 Å². The lowest BCUT2D eigenvalue weighted by Gasteiger charge is -2.23. The van der Waals surface area contributed by atoms with E-state index < -0.39 is 17.7 Å². The molecule has 170 valence electrons. The van der Waals surface area contributed by atoms with Gasteiger partial charge in [0.1, 0.15) is 5.76 Å². The lowest BCUT2D eigenvalue weighted by atomic mass is 9.95. The molecule has 0 aliphatic carbocycles. The van der Waals surface area contributed by atoms with Gasteiger partial charge in [-0.3, -0.25) is 14.5 Å². The van der Waals surface area contributed by atoms with Gasteiger partial charge in [0.25, 0.3) is 5.78 Å². The maximum absolute atomic E-state index is 13.3. The summed E-state index contributed by atoms with van der Waals surface area (Å²) in [6.45, 7) is 4.01. The number of amides is 1. The van der Waals surface area contributed by atoms with E-state index in [4.69, 9.17) is 11.6 Å². The zero-order chi connectivity index (χ0) is 24.0. The Bertz CT molecular complexity index is 1460. The molecule has 1 amide bonds. The molecule has 0 saturated carbocycles. The maximum Gasteiger partial charge on any atom is 0.301 e. The van der Waals surface area contributed by atoms with Crippen LogP contribution >= 0.6 is 22.9 Å². The van der Waals surface area contributed by atoms with Crippen LogP contribution in [0, 0.1) is 6.92 Å². The molecule has 0 bridgehead atoms. The Hall–Kier alpha value is -3.48. The van der Waals surface area contributed by atoms with Crippen LogP contribution in [-0.2, 0) is 16.0 Å². The number of Topliss-reactive ketones (excluding diaryl/α,β-unsaturated/α-hetero) is 1. The van der Waals surface area contributed by atoms with Crippen molar-refractivity contribution in [2.75, 3.05) is 4.90 Å².